The van der Waals surface area contributed by atoms with Gasteiger partial charge in [-0.25, -0.2) is 0 Å². The van der Waals surface area contributed by atoms with E-state index < -0.39 is 0 Å². The molecule has 0 aliphatic heterocycles. The lowest BCUT2D eigenvalue weighted by molar-refractivity contribution is -0.117. The number of anilines is 1. The van der Waals surface area contributed by atoms with E-state index in [1.165, 1.54) is 0 Å². The van der Waals surface area contributed by atoms with Crippen LogP contribution in [0.25, 0.3) is 0 Å². The number of benzene rings is 2. The Bertz CT molecular complexity index is 601. The maximum atomic E-state index is 12.4. The molecule has 1 unspecified atom stereocenters. The van der Waals surface area contributed by atoms with Crippen molar-refractivity contribution < 1.29 is 4.79 Å². The molecule has 0 bridgehead atoms. The summed E-state index contributed by atoms with van der Waals surface area (Å²) in [7, 11) is 0. The van der Waals surface area contributed by atoms with Crippen molar-refractivity contribution in [3.05, 3.63) is 62.7 Å². The van der Waals surface area contributed by atoms with Crippen molar-refractivity contribution in [2.24, 2.45) is 0 Å². The maximum absolute atomic E-state index is 12.4. The first-order chi connectivity index (χ1) is 9.61. The standard InChI is InChI=1S/C16H15ClINO/c1-2-13(11-6-4-3-5-7-11)16(20)19-15-9-8-12(18)10-14(15)17/h3-10,13H,2H2,1H3,(H,19,20). The van der Waals surface area contributed by atoms with Crippen molar-refractivity contribution in [2.45, 2.75) is 19.3 Å². The minimum Gasteiger partial charge on any atom is -0.324 e. The Balaban J connectivity index is 2.18. The van der Waals surface area contributed by atoms with Crippen LogP contribution in [0.4, 0.5) is 5.69 Å². The van der Waals surface area contributed by atoms with E-state index in [-0.39, 0.29) is 11.8 Å². The van der Waals surface area contributed by atoms with Crippen LogP contribution >= 0.6 is 34.2 Å². The van der Waals surface area contributed by atoms with Crippen LogP contribution < -0.4 is 5.32 Å². The largest absolute Gasteiger partial charge is 0.324 e. The summed E-state index contributed by atoms with van der Waals surface area (Å²) >= 11 is 8.34. The molecule has 4 heteroatoms. The number of carbonyl (C=O) groups is 1. The van der Waals surface area contributed by atoms with Gasteiger partial charge in [-0.05, 0) is 52.8 Å². The number of rotatable bonds is 4. The van der Waals surface area contributed by atoms with Crippen molar-refractivity contribution in [1.82, 2.24) is 0 Å². The van der Waals surface area contributed by atoms with Gasteiger partial charge in [0.25, 0.3) is 0 Å². The van der Waals surface area contributed by atoms with E-state index >= 15 is 0 Å². The fourth-order valence-corrected chi connectivity index (χ4v) is 2.97. The van der Waals surface area contributed by atoms with Crippen LogP contribution in [0.5, 0.6) is 0 Å². The van der Waals surface area contributed by atoms with Crippen molar-refractivity contribution in [1.29, 1.82) is 0 Å². The van der Waals surface area contributed by atoms with Gasteiger partial charge in [-0.2, -0.15) is 0 Å². The predicted molar refractivity (Wildman–Crippen MR) is 92.3 cm³/mol. The molecule has 0 fully saturated rings. The lowest BCUT2D eigenvalue weighted by atomic mass is 9.95. The Morgan fingerprint density at radius 1 is 1.25 bits per heavy atom. The van der Waals surface area contributed by atoms with Gasteiger partial charge in [-0.1, -0.05) is 48.9 Å². The summed E-state index contributed by atoms with van der Waals surface area (Å²) in [5.74, 6) is -0.187. The summed E-state index contributed by atoms with van der Waals surface area (Å²) in [5, 5.41) is 3.48. The first-order valence-electron chi connectivity index (χ1n) is 6.42. The minimum absolute atomic E-state index is 0.0261. The zero-order chi connectivity index (χ0) is 14.5. The zero-order valence-corrected chi connectivity index (χ0v) is 14.0. The summed E-state index contributed by atoms with van der Waals surface area (Å²) in [6.45, 7) is 2.01. The fourth-order valence-electron chi connectivity index (χ4n) is 2.07. The Hall–Kier alpha value is -1.07. The summed E-state index contributed by atoms with van der Waals surface area (Å²) in [6, 6.07) is 15.4. The average molecular weight is 400 g/mol. The average Bonchev–Trinajstić information content (AvgIpc) is 2.44. The Labute approximate surface area is 137 Å². The third-order valence-electron chi connectivity index (χ3n) is 3.12. The molecule has 0 aliphatic carbocycles. The van der Waals surface area contributed by atoms with Crippen LogP contribution in [0.2, 0.25) is 5.02 Å². The number of nitrogens with one attached hydrogen (secondary N) is 1. The van der Waals surface area contributed by atoms with Gasteiger partial charge in [0, 0.05) is 3.57 Å². The lowest BCUT2D eigenvalue weighted by Crippen LogP contribution is -2.20. The van der Waals surface area contributed by atoms with E-state index in [1.54, 1.807) is 0 Å². The lowest BCUT2D eigenvalue weighted by Gasteiger charge is -2.16. The normalized spacial score (nSPS) is 11.9. The third kappa shape index (κ3) is 3.73. The van der Waals surface area contributed by atoms with E-state index in [0.29, 0.717) is 10.7 Å². The highest BCUT2D eigenvalue weighted by Gasteiger charge is 2.19. The molecule has 1 N–H and O–H groups in total. The Morgan fingerprint density at radius 2 is 1.95 bits per heavy atom. The molecule has 1 atom stereocenters. The number of hydrogen-bond acceptors (Lipinski definition) is 1. The molecule has 2 nitrogen and oxygen atoms in total. The van der Waals surface area contributed by atoms with E-state index in [2.05, 4.69) is 27.9 Å². The number of amides is 1. The van der Waals surface area contributed by atoms with Crippen LogP contribution in [0, 0.1) is 3.57 Å². The summed E-state index contributed by atoms with van der Waals surface area (Å²) in [4.78, 5) is 12.4. The van der Waals surface area contributed by atoms with Gasteiger partial charge in [0.2, 0.25) is 5.91 Å². The molecule has 0 saturated carbocycles. The predicted octanol–water partition coefficient (Wildman–Crippen LogP) is 5.08. The van der Waals surface area contributed by atoms with Gasteiger partial charge >= 0.3 is 0 Å². The first-order valence-corrected chi connectivity index (χ1v) is 7.88. The van der Waals surface area contributed by atoms with Crippen molar-refractivity contribution in [3.8, 4) is 0 Å². The first kappa shape index (κ1) is 15.3. The van der Waals surface area contributed by atoms with Gasteiger partial charge in [0.1, 0.15) is 0 Å². The topological polar surface area (TPSA) is 29.1 Å². The van der Waals surface area contributed by atoms with Crippen LogP contribution in [-0.2, 0) is 4.79 Å². The highest BCUT2D eigenvalue weighted by atomic mass is 127. The van der Waals surface area contributed by atoms with Crippen molar-refractivity contribution >= 4 is 45.8 Å². The third-order valence-corrected chi connectivity index (χ3v) is 4.10. The van der Waals surface area contributed by atoms with Gasteiger partial charge < -0.3 is 5.32 Å². The van der Waals surface area contributed by atoms with Crippen LogP contribution in [-0.4, -0.2) is 5.91 Å². The van der Waals surface area contributed by atoms with E-state index in [4.69, 9.17) is 11.6 Å². The zero-order valence-electron chi connectivity index (χ0n) is 11.1. The van der Waals surface area contributed by atoms with Gasteiger partial charge in [0.05, 0.1) is 16.6 Å². The molecule has 1 amide bonds. The van der Waals surface area contributed by atoms with E-state index in [0.717, 1.165) is 15.6 Å². The fraction of sp³-hybridized carbons (Fsp3) is 0.188. The summed E-state index contributed by atoms with van der Waals surface area (Å²) in [5.41, 5.74) is 1.68. The molecule has 0 aromatic heterocycles. The molecule has 2 rings (SSSR count). The number of halogens is 2. The monoisotopic (exact) mass is 399 g/mol. The second-order valence-electron chi connectivity index (χ2n) is 4.48. The molecule has 0 spiro atoms. The van der Waals surface area contributed by atoms with Crippen LogP contribution in [0.1, 0.15) is 24.8 Å². The summed E-state index contributed by atoms with van der Waals surface area (Å²) in [6.07, 6.45) is 0.748. The van der Waals surface area contributed by atoms with Gasteiger partial charge in [-0.3, -0.25) is 4.79 Å². The highest BCUT2D eigenvalue weighted by Crippen LogP contribution is 2.26. The second-order valence-corrected chi connectivity index (χ2v) is 6.14. The van der Waals surface area contributed by atoms with Crippen molar-refractivity contribution in [3.63, 3.8) is 0 Å². The van der Waals surface area contributed by atoms with Crippen molar-refractivity contribution in [2.75, 3.05) is 5.32 Å². The van der Waals surface area contributed by atoms with Gasteiger partial charge in [-0.15, -0.1) is 0 Å². The summed E-state index contributed by atoms with van der Waals surface area (Å²) < 4.78 is 1.04. The number of hydrogen-bond donors (Lipinski definition) is 1. The minimum atomic E-state index is -0.161. The second kappa shape index (κ2) is 7.09. The molecule has 0 heterocycles. The van der Waals surface area contributed by atoms with Gasteiger partial charge in [0.15, 0.2) is 0 Å². The molecular formula is C16H15ClINO. The van der Waals surface area contributed by atoms with E-state index in [9.17, 15) is 4.79 Å². The Kier molecular flexibility index (Phi) is 5.43. The quantitative estimate of drug-likeness (QED) is 0.714. The maximum Gasteiger partial charge on any atom is 0.231 e. The molecule has 2 aromatic carbocycles. The molecule has 104 valence electrons. The molecule has 2 aromatic rings. The SMILES string of the molecule is CCC(C(=O)Nc1ccc(I)cc1Cl)c1ccccc1. The molecular weight excluding hydrogens is 385 g/mol. The molecule has 0 aliphatic rings. The van der Waals surface area contributed by atoms with Crippen LogP contribution in [0.3, 0.4) is 0 Å². The van der Waals surface area contributed by atoms with Crippen LogP contribution in [0.15, 0.2) is 48.5 Å². The molecule has 20 heavy (non-hydrogen) atoms. The highest BCUT2D eigenvalue weighted by molar-refractivity contribution is 14.1. The molecule has 0 saturated heterocycles. The smallest absolute Gasteiger partial charge is 0.231 e. The number of carbonyl (C=O) groups excluding carboxylic acids is 1. The van der Waals surface area contributed by atoms with E-state index in [1.807, 2.05) is 55.5 Å². The Morgan fingerprint density at radius 3 is 2.55 bits per heavy atom. The molecule has 0 radical (unpaired) electrons.